The molecule has 2 aromatic rings. The van der Waals surface area contributed by atoms with Crippen LogP contribution in [0.25, 0.3) is 6.08 Å². The van der Waals surface area contributed by atoms with Crippen molar-refractivity contribution >= 4 is 45.2 Å². The summed E-state index contributed by atoms with van der Waals surface area (Å²) >= 11 is 9.11. The largest absolute Gasteiger partial charge is 0.450 e. The first-order valence-corrected chi connectivity index (χ1v) is 6.31. The zero-order chi connectivity index (χ0) is 13.0. The average molecular weight is 327 g/mol. The second kappa shape index (κ2) is 5.89. The normalized spacial score (nSPS) is 10.8. The van der Waals surface area contributed by atoms with Crippen LogP contribution in [-0.2, 0) is 4.79 Å². The molecule has 1 aromatic heterocycles. The van der Waals surface area contributed by atoms with E-state index in [1.54, 1.807) is 42.5 Å². The smallest absolute Gasteiger partial charge is 0.248 e. The van der Waals surface area contributed by atoms with Crippen LogP contribution in [0, 0.1) is 0 Å². The van der Waals surface area contributed by atoms with Gasteiger partial charge in [-0.15, -0.1) is 0 Å². The highest BCUT2D eigenvalue weighted by molar-refractivity contribution is 9.10. The second-order valence-corrected chi connectivity index (χ2v) is 4.63. The molecule has 0 bridgehead atoms. The Kier molecular flexibility index (Phi) is 4.23. The second-order valence-electron chi connectivity index (χ2n) is 3.44. The van der Waals surface area contributed by atoms with Gasteiger partial charge in [-0.05, 0) is 46.3 Å². The molecule has 0 unspecified atom stereocenters. The van der Waals surface area contributed by atoms with Crippen molar-refractivity contribution in [1.82, 2.24) is 0 Å². The number of halogens is 2. The van der Waals surface area contributed by atoms with E-state index in [9.17, 15) is 4.79 Å². The van der Waals surface area contributed by atoms with Gasteiger partial charge in [0, 0.05) is 6.08 Å². The number of benzene rings is 1. The van der Waals surface area contributed by atoms with Gasteiger partial charge in [-0.2, -0.15) is 0 Å². The fourth-order valence-corrected chi connectivity index (χ4v) is 1.81. The topological polar surface area (TPSA) is 42.2 Å². The van der Waals surface area contributed by atoms with Crippen LogP contribution in [0.4, 0.5) is 5.69 Å². The van der Waals surface area contributed by atoms with Crippen LogP contribution in [0.3, 0.4) is 0 Å². The molecule has 1 N–H and O–H groups in total. The highest BCUT2D eigenvalue weighted by atomic mass is 79.9. The molecule has 1 aromatic carbocycles. The van der Waals surface area contributed by atoms with Crippen molar-refractivity contribution in [2.45, 2.75) is 0 Å². The van der Waals surface area contributed by atoms with Crippen LogP contribution in [0.15, 0.2) is 51.6 Å². The van der Waals surface area contributed by atoms with Crippen molar-refractivity contribution in [1.29, 1.82) is 0 Å². The van der Waals surface area contributed by atoms with Gasteiger partial charge < -0.3 is 9.73 Å². The maximum atomic E-state index is 11.6. The van der Waals surface area contributed by atoms with E-state index >= 15 is 0 Å². The number of amides is 1. The van der Waals surface area contributed by atoms with E-state index in [1.165, 1.54) is 6.08 Å². The Hall–Kier alpha value is -1.52. The third-order valence-electron chi connectivity index (χ3n) is 2.12. The molecule has 5 heteroatoms. The molecule has 0 aliphatic heterocycles. The number of carbonyl (C=O) groups is 1. The summed E-state index contributed by atoms with van der Waals surface area (Å²) in [6, 6.07) is 10.6. The SMILES string of the molecule is O=C(/C=C/c1ccc(Br)o1)Nc1ccccc1Cl. The van der Waals surface area contributed by atoms with Gasteiger partial charge in [0.15, 0.2) is 4.67 Å². The molecule has 0 aliphatic carbocycles. The van der Waals surface area contributed by atoms with Crippen molar-refractivity contribution < 1.29 is 9.21 Å². The number of hydrogen-bond acceptors (Lipinski definition) is 2. The molecular weight excluding hydrogens is 318 g/mol. The quantitative estimate of drug-likeness (QED) is 0.852. The number of furan rings is 1. The number of carbonyl (C=O) groups excluding carboxylic acids is 1. The minimum atomic E-state index is -0.268. The molecule has 3 nitrogen and oxygen atoms in total. The summed E-state index contributed by atoms with van der Waals surface area (Å²) in [6.07, 6.45) is 2.96. The van der Waals surface area contributed by atoms with Gasteiger partial charge in [0.1, 0.15) is 5.76 Å². The number of para-hydroxylation sites is 1. The molecule has 2 rings (SSSR count). The van der Waals surface area contributed by atoms with Gasteiger partial charge in [0.2, 0.25) is 5.91 Å². The first-order valence-electron chi connectivity index (χ1n) is 5.14. The molecule has 1 heterocycles. The van der Waals surface area contributed by atoms with Crippen LogP contribution in [-0.4, -0.2) is 5.91 Å². The van der Waals surface area contributed by atoms with Crippen molar-refractivity contribution in [2.24, 2.45) is 0 Å². The molecule has 18 heavy (non-hydrogen) atoms. The van der Waals surface area contributed by atoms with Gasteiger partial charge in [-0.1, -0.05) is 23.7 Å². The predicted molar refractivity (Wildman–Crippen MR) is 75.5 cm³/mol. The van der Waals surface area contributed by atoms with E-state index in [0.717, 1.165) is 0 Å². The first kappa shape index (κ1) is 12.9. The summed E-state index contributed by atoms with van der Waals surface area (Å²) in [5.74, 6) is 0.326. The van der Waals surface area contributed by atoms with Crippen molar-refractivity contribution in [3.8, 4) is 0 Å². The molecular formula is C13H9BrClNO2. The minimum absolute atomic E-state index is 0.268. The number of anilines is 1. The fourth-order valence-electron chi connectivity index (χ4n) is 1.31. The molecule has 1 amide bonds. The molecule has 0 fully saturated rings. The van der Waals surface area contributed by atoms with E-state index in [2.05, 4.69) is 21.2 Å². The van der Waals surface area contributed by atoms with Gasteiger partial charge in [0.05, 0.1) is 10.7 Å². The van der Waals surface area contributed by atoms with E-state index in [1.807, 2.05) is 0 Å². The Balaban J connectivity index is 2.01. The molecule has 0 atom stereocenters. The maximum absolute atomic E-state index is 11.6. The van der Waals surface area contributed by atoms with E-state index in [-0.39, 0.29) is 5.91 Å². The zero-order valence-corrected chi connectivity index (χ0v) is 11.5. The lowest BCUT2D eigenvalue weighted by atomic mass is 10.3. The summed E-state index contributed by atoms with van der Waals surface area (Å²) in [7, 11) is 0. The number of hydrogen-bond donors (Lipinski definition) is 1. The Morgan fingerprint density at radius 1 is 1.28 bits per heavy atom. The lowest BCUT2D eigenvalue weighted by Crippen LogP contribution is -2.07. The lowest BCUT2D eigenvalue weighted by molar-refractivity contribution is -0.111. The van der Waals surface area contributed by atoms with Crippen molar-refractivity contribution in [3.63, 3.8) is 0 Å². The highest BCUT2D eigenvalue weighted by Gasteiger charge is 2.02. The van der Waals surface area contributed by atoms with Gasteiger partial charge in [-0.3, -0.25) is 4.79 Å². The van der Waals surface area contributed by atoms with Gasteiger partial charge >= 0.3 is 0 Å². The van der Waals surface area contributed by atoms with Crippen molar-refractivity contribution in [2.75, 3.05) is 5.32 Å². The van der Waals surface area contributed by atoms with E-state index in [4.69, 9.17) is 16.0 Å². The van der Waals surface area contributed by atoms with Crippen LogP contribution in [0.2, 0.25) is 5.02 Å². The number of nitrogens with one attached hydrogen (secondary N) is 1. The molecule has 0 saturated carbocycles. The third-order valence-corrected chi connectivity index (χ3v) is 2.88. The van der Waals surface area contributed by atoms with Crippen LogP contribution < -0.4 is 5.32 Å². The summed E-state index contributed by atoms with van der Waals surface area (Å²) < 4.78 is 5.85. The molecule has 0 radical (unpaired) electrons. The standard InChI is InChI=1S/C13H9BrClNO2/c14-12-7-5-9(18-12)6-8-13(17)16-11-4-2-1-3-10(11)15/h1-8H,(H,16,17)/b8-6+. The van der Waals surface area contributed by atoms with E-state index < -0.39 is 0 Å². The zero-order valence-electron chi connectivity index (χ0n) is 9.19. The van der Waals surface area contributed by atoms with Gasteiger partial charge in [-0.25, -0.2) is 0 Å². The number of rotatable bonds is 3. The van der Waals surface area contributed by atoms with Crippen LogP contribution >= 0.6 is 27.5 Å². The summed E-state index contributed by atoms with van der Waals surface area (Å²) in [6.45, 7) is 0. The summed E-state index contributed by atoms with van der Waals surface area (Å²) in [4.78, 5) is 11.6. The molecule has 0 aliphatic rings. The summed E-state index contributed by atoms with van der Waals surface area (Å²) in [5, 5.41) is 3.18. The van der Waals surface area contributed by atoms with Gasteiger partial charge in [0.25, 0.3) is 0 Å². The van der Waals surface area contributed by atoms with Crippen LogP contribution in [0.5, 0.6) is 0 Å². The molecule has 92 valence electrons. The molecule has 0 saturated heterocycles. The maximum Gasteiger partial charge on any atom is 0.248 e. The van der Waals surface area contributed by atoms with Crippen molar-refractivity contribution in [3.05, 3.63) is 57.9 Å². The highest BCUT2D eigenvalue weighted by Crippen LogP contribution is 2.20. The Morgan fingerprint density at radius 2 is 2.06 bits per heavy atom. The minimum Gasteiger partial charge on any atom is -0.450 e. The predicted octanol–water partition coefficient (Wildman–Crippen LogP) is 4.35. The average Bonchev–Trinajstić information content (AvgIpc) is 2.76. The third kappa shape index (κ3) is 3.48. The van der Waals surface area contributed by atoms with E-state index in [0.29, 0.717) is 21.1 Å². The Morgan fingerprint density at radius 3 is 2.72 bits per heavy atom. The Labute approximate surface area is 118 Å². The monoisotopic (exact) mass is 325 g/mol. The summed E-state index contributed by atoms with van der Waals surface area (Å²) in [5.41, 5.74) is 0.578. The lowest BCUT2D eigenvalue weighted by Gasteiger charge is -2.03. The van der Waals surface area contributed by atoms with Crippen LogP contribution in [0.1, 0.15) is 5.76 Å². The fraction of sp³-hybridized carbons (Fsp3) is 0. The molecule has 0 spiro atoms. The first-order chi connectivity index (χ1) is 8.65. The Bertz CT molecular complexity index is 592.